The van der Waals surface area contributed by atoms with Crippen molar-refractivity contribution in [3.8, 4) is 0 Å². The first-order valence-corrected chi connectivity index (χ1v) is 7.03. The third-order valence-electron chi connectivity index (χ3n) is 3.32. The predicted octanol–water partition coefficient (Wildman–Crippen LogP) is 2.13. The zero-order valence-corrected chi connectivity index (χ0v) is 13.6. The Labute approximate surface area is 133 Å². The van der Waals surface area contributed by atoms with Crippen LogP contribution in [0, 0.1) is 6.92 Å². The minimum absolute atomic E-state index is 0.180. The van der Waals surface area contributed by atoms with Crippen molar-refractivity contribution in [1.29, 1.82) is 0 Å². The molecule has 0 radical (unpaired) electrons. The maximum atomic E-state index is 12.3. The van der Waals surface area contributed by atoms with Crippen LogP contribution in [-0.4, -0.2) is 56.0 Å². The van der Waals surface area contributed by atoms with Gasteiger partial charge in [-0.15, -0.1) is 0 Å². The van der Waals surface area contributed by atoms with Crippen molar-refractivity contribution in [2.45, 2.75) is 25.7 Å². The lowest BCUT2D eigenvalue weighted by Crippen LogP contribution is -2.45. The van der Waals surface area contributed by atoms with Crippen LogP contribution in [0.3, 0.4) is 0 Å². The SMILES string of the molecule is Cc1ccc(CNC(=O)N(C)CC(O)C(F)(F)F)c(N(C)C)c1. The van der Waals surface area contributed by atoms with Gasteiger partial charge in [-0.25, -0.2) is 4.79 Å². The summed E-state index contributed by atoms with van der Waals surface area (Å²) < 4.78 is 36.9. The van der Waals surface area contributed by atoms with Gasteiger partial charge in [0.25, 0.3) is 0 Å². The summed E-state index contributed by atoms with van der Waals surface area (Å²) in [6.45, 7) is 1.31. The molecule has 8 heteroatoms. The molecule has 1 rings (SSSR count). The highest BCUT2D eigenvalue weighted by molar-refractivity contribution is 5.74. The molecular weight excluding hydrogens is 311 g/mol. The van der Waals surface area contributed by atoms with Crippen LogP contribution in [0.5, 0.6) is 0 Å². The number of rotatable bonds is 5. The van der Waals surface area contributed by atoms with Gasteiger partial charge in [-0.1, -0.05) is 12.1 Å². The molecular formula is C15H22F3N3O2. The first-order valence-electron chi connectivity index (χ1n) is 7.03. The molecule has 1 aromatic carbocycles. The lowest BCUT2D eigenvalue weighted by atomic mass is 10.1. The first kappa shape index (κ1) is 19.1. The van der Waals surface area contributed by atoms with Crippen molar-refractivity contribution in [3.05, 3.63) is 29.3 Å². The van der Waals surface area contributed by atoms with Crippen molar-refractivity contribution in [2.24, 2.45) is 0 Å². The summed E-state index contributed by atoms with van der Waals surface area (Å²) in [5.74, 6) is 0. The Kier molecular flexibility index (Phi) is 6.26. The molecule has 0 aliphatic heterocycles. The van der Waals surface area contributed by atoms with Crippen molar-refractivity contribution in [1.82, 2.24) is 10.2 Å². The number of nitrogens with zero attached hydrogens (tertiary/aromatic N) is 2. The van der Waals surface area contributed by atoms with Crippen molar-refractivity contribution >= 4 is 11.7 Å². The van der Waals surface area contributed by atoms with Gasteiger partial charge in [-0.3, -0.25) is 0 Å². The van der Waals surface area contributed by atoms with E-state index in [4.69, 9.17) is 5.11 Å². The molecule has 2 amide bonds. The summed E-state index contributed by atoms with van der Waals surface area (Å²) in [6, 6.07) is 5.03. The first-order chi connectivity index (χ1) is 10.5. The molecule has 0 spiro atoms. The van der Waals surface area contributed by atoms with Crippen molar-refractivity contribution in [2.75, 3.05) is 32.6 Å². The normalized spacial score (nSPS) is 12.7. The molecule has 0 saturated carbocycles. The van der Waals surface area contributed by atoms with E-state index in [0.717, 1.165) is 21.7 Å². The second-order valence-corrected chi connectivity index (χ2v) is 5.62. The zero-order valence-electron chi connectivity index (χ0n) is 13.6. The molecule has 1 unspecified atom stereocenters. The largest absolute Gasteiger partial charge is 0.416 e. The third-order valence-corrected chi connectivity index (χ3v) is 3.32. The average molecular weight is 333 g/mol. The van der Waals surface area contributed by atoms with Gasteiger partial charge in [-0.2, -0.15) is 13.2 Å². The molecule has 0 fully saturated rings. The highest BCUT2D eigenvalue weighted by atomic mass is 19.4. The van der Waals surface area contributed by atoms with Gasteiger partial charge in [0.2, 0.25) is 0 Å². The van der Waals surface area contributed by atoms with Crippen LogP contribution >= 0.6 is 0 Å². The Balaban J connectivity index is 2.66. The smallest absolute Gasteiger partial charge is 0.382 e. The van der Waals surface area contributed by atoms with Gasteiger partial charge < -0.3 is 20.2 Å². The van der Waals surface area contributed by atoms with E-state index in [1.807, 2.05) is 44.1 Å². The number of likely N-dealkylation sites (N-methyl/N-ethyl adjacent to an activating group) is 1. The Morgan fingerprint density at radius 3 is 2.43 bits per heavy atom. The number of alkyl halides is 3. The van der Waals surface area contributed by atoms with Crippen LogP contribution in [0.2, 0.25) is 0 Å². The number of halogens is 3. The fraction of sp³-hybridized carbons (Fsp3) is 0.533. The fourth-order valence-corrected chi connectivity index (χ4v) is 1.99. The molecule has 1 atom stereocenters. The predicted molar refractivity (Wildman–Crippen MR) is 82.4 cm³/mol. The molecule has 0 bridgehead atoms. The summed E-state index contributed by atoms with van der Waals surface area (Å²) in [5.41, 5.74) is 2.83. The number of anilines is 1. The van der Waals surface area contributed by atoms with Gasteiger partial charge in [-0.05, 0) is 24.1 Å². The number of amides is 2. The molecule has 2 N–H and O–H groups in total. The van der Waals surface area contributed by atoms with E-state index >= 15 is 0 Å². The Hall–Kier alpha value is -1.96. The molecule has 0 aromatic heterocycles. The third kappa shape index (κ3) is 5.63. The number of aliphatic hydroxyl groups is 1. The van der Waals surface area contributed by atoms with E-state index in [9.17, 15) is 18.0 Å². The molecule has 23 heavy (non-hydrogen) atoms. The van der Waals surface area contributed by atoms with E-state index in [1.165, 1.54) is 7.05 Å². The van der Waals surface area contributed by atoms with Crippen LogP contribution in [0.1, 0.15) is 11.1 Å². The number of hydrogen-bond acceptors (Lipinski definition) is 3. The van der Waals surface area contributed by atoms with E-state index < -0.39 is 24.9 Å². The lowest BCUT2D eigenvalue weighted by molar-refractivity contribution is -0.205. The van der Waals surface area contributed by atoms with Crippen LogP contribution in [0.15, 0.2) is 18.2 Å². The van der Waals surface area contributed by atoms with Gasteiger partial charge in [0.15, 0.2) is 6.10 Å². The number of aryl methyl sites for hydroxylation is 1. The maximum Gasteiger partial charge on any atom is 0.416 e. The minimum Gasteiger partial charge on any atom is -0.382 e. The molecule has 1 aromatic rings. The van der Waals surface area contributed by atoms with Gasteiger partial charge in [0.05, 0.1) is 6.54 Å². The molecule has 0 heterocycles. The number of hydrogen-bond donors (Lipinski definition) is 2. The van der Waals surface area contributed by atoms with E-state index in [1.54, 1.807) is 0 Å². The summed E-state index contributed by atoms with van der Waals surface area (Å²) in [5, 5.41) is 11.5. The number of nitrogens with one attached hydrogen (secondary N) is 1. The standard InChI is InChI=1S/C15H22F3N3O2/c1-10-5-6-11(12(7-10)20(2)3)8-19-14(23)21(4)9-13(22)15(16,17)18/h5-7,13,22H,8-9H2,1-4H3,(H,19,23). The molecule has 0 saturated heterocycles. The van der Waals surface area contributed by atoms with E-state index in [0.29, 0.717) is 0 Å². The lowest BCUT2D eigenvalue weighted by Gasteiger charge is -2.23. The number of benzene rings is 1. The minimum atomic E-state index is -4.75. The maximum absolute atomic E-state index is 12.3. The summed E-state index contributed by atoms with van der Waals surface area (Å²) in [6.07, 6.45) is -7.31. The summed E-state index contributed by atoms with van der Waals surface area (Å²) >= 11 is 0. The molecule has 5 nitrogen and oxygen atoms in total. The fourth-order valence-electron chi connectivity index (χ4n) is 1.99. The van der Waals surface area contributed by atoms with Crippen LogP contribution in [0.4, 0.5) is 23.7 Å². The van der Waals surface area contributed by atoms with Crippen LogP contribution in [-0.2, 0) is 6.54 Å². The van der Waals surface area contributed by atoms with Gasteiger partial charge >= 0.3 is 12.2 Å². The topological polar surface area (TPSA) is 55.8 Å². The Bertz CT molecular complexity index is 547. The Morgan fingerprint density at radius 2 is 1.91 bits per heavy atom. The average Bonchev–Trinajstić information content (AvgIpc) is 2.44. The Morgan fingerprint density at radius 1 is 1.30 bits per heavy atom. The second kappa shape index (κ2) is 7.54. The van der Waals surface area contributed by atoms with Gasteiger partial charge in [0, 0.05) is 33.4 Å². The van der Waals surface area contributed by atoms with Gasteiger partial charge in [0.1, 0.15) is 0 Å². The molecule has 0 aliphatic carbocycles. The molecule has 130 valence electrons. The summed E-state index contributed by atoms with van der Waals surface area (Å²) in [4.78, 5) is 14.6. The monoisotopic (exact) mass is 333 g/mol. The highest BCUT2D eigenvalue weighted by Gasteiger charge is 2.39. The van der Waals surface area contributed by atoms with Crippen LogP contribution in [0.25, 0.3) is 0 Å². The quantitative estimate of drug-likeness (QED) is 0.868. The second-order valence-electron chi connectivity index (χ2n) is 5.62. The number of carbonyl (C=O) groups is 1. The highest BCUT2D eigenvalue weighted by Crippen LogP contribution is 2.21. The van der Waals surface area contributed by atoms with Crippen LogP contribution < -0.4 is 10.2 Å². The zero-order chi connectivity index (χ0) is 17.8. The number of urea groups is 1. The van der Waals surface area contributed by atoms with E-state index in [2.05, 4.69) is 5.32 Å². The molecule has 0 aliphatic rings. The number of aliphatic hydroxyl groups excluding tert-OH is 1. The van der Waals surface area contributed by atoms with Crippen molar-refractivity contribution in [3.63, 3.8) is 0 Å². The summed E-state index contributed by atoms with van der Waals surface area (Å²) in [7, 11) is 4.93. The number of carbonyl (C=O) groups excluding carboxylic acids is 1. The van der Waals surface area contributed by atoms with E-state index in [-0.39, 0.29) is 6.54 Å². The van der Waals surface area contributed by atoms with Crippen molar-refractivity contribution < 1.29 is 23.1 Å².